The second-order valence-electron chi connectivity index (χ2n) is 17.1. The molecule has 1 N–H and O–H groups in total. The Morgan fingerprint density at radius 1 is 0.841 bits per heavy atom. The van der Waals surface area contributed by atoms with Gasteiger partial charge in [0.2, 0.25) is 0 Å². The van der Waals surface area contributed by atoms with Crippen LogP contribution in [0.5, 0.6) is 23.0 Å². The van der Waals surface area contributed by atoms with Crippen LogP contribution in [-0.4, -0.2) is 85.5 Å². The molecule has 2 saturated heterocycles. The topological polar surface area (TPSA) is 167 Å². The maximum absolute atomic E-state index is 14.0. The summed E-state index contributed by atoms with van der Waals surface area (Å²) in [5, 5.41) is 8.90. The molecule has 2 aromatic carbocycles. The third-order valence-corrected chi connectivity index (χ3v) is 12.4. The third-order valence-electron chi connectivity index (χ3n) is 11.7. The van der Waals surface area contributed by atoms with E-state index in [1.54, 1.807) is 30.3 Å². The number of halogens is 1. The zero-order valence-corrected chi connectivity index (χ0v) is 40.1. The quantitative estimate of drug-likeness (QED) is 0.0204. The molecule has 0 aromatic heterocycles. The first-order valence-electron chi connectivity index (χ1n) is 23.1. The largest absolute Gasteiger partial charge is 0.864 e. The van der Waals surface area contributed by atoms with E-state index in [4.69, 9.17) is 52.0 Å². The summed E-state index contributed by atoms with van der Waals surface area (Å²) in [5.41, 5.74) is 0.460. The molecule has 348 valence electrons. The van der Waals surface area contributed by atoms with E-state index in [2.05, 4.69) is 43.4 Å². The van der Waals surface area contributed by atoms with Gasteiger partial charge in [-0.1, -0.05) is 78.6 Å². The molecule has 3 aliphatic rings. The van der Waals surface area contributed by atoms with Gasteiger partial charge in [-0.25, -0.2) is 9.59 Å². The predicted octanol–water partition coefficient (Wildman–Crippen LogP) is 10.3. The number of carbonyl (C=O) groups is 3. The van der Waals surface area contributed by atoms with E-state index in [9.17, 15) is 14.4 Å². The fraction of sp³-hybridized carbons (Fsp3) is 0.674. The highest BCUT2D eigenvalue weighted by atomic mass is 127. The summed E-state index contributed by atoms with van der Waals surface area (Å²) < 4.78 is 59.2. The Bertz CT molecular complexity index is 1770. The molecule has 2 aromatic rings. The summed E-state index contributed by atoms with van der Waals surface area (Å²) in [5.74, 6) is -0.354. The summed E-state index contributed by atoms with van der Waals surface area (Å²) >= 11 is 2.16. The Morgan fingerprint density at radius 3 is 2.30 bits per heavy atom. The first kappa shape index (κ1) is 50.7. The fourth-order valence-electron chi connectivity index (χ4n) is 7.97. The van der Waals surface area contributed by atoms with Gasteiger partial charge in [0.1, 0.15) is 27.0 Å². The zero-order valence-electron chi connectivity index (χ0n) is 37.9. The molecular formula is C46H67B2IO14. The van der Waals surface area contributed by atoms with Crippen LogP contribution in [0, 0.1) is 5.92 Å². The second kappa shape index (κ2) is 25.4. The summed E-state index contributed by atoms with van der Waals surface area (Å²) in [6.07, 6.45) is 14.3. The lowest BCUT2D eigenvalue weighted by Gasteiger charge is -2.34. The molecule has 14 nitrogen and oxygen atoms in total. The van der Waals surface area contributed by atoms with Gasteiger partial charge in [-0.05, 0) is 111 Å². The van der Waals surface area contributed by atoms with Crippen LogP contribution >= 0.6 is 22.6 Å². The maximum atomic E-state index is 14.0. The molecular weight excluding hydrogens is 925 g/mol. The normalized spacial score (nSPS) is 21.7. The van der Waals surface area contributed by atoms with Crippen molar-refractivity contribution in [3.05, 3.63) is 47.5 Å². The summed E-state index contributed by atoms with van der Waals surface area (Å²) in [7, 11) is -0.946. The van der Waals surface area contributed by atoms with Crippen molar-refractivity contribution in [3.63, 3.8) is 0 Å². The number of ether oxygens (including phenoxy) is 4. The second-order valence-corrected chi connectivity index (χ2v) is 19.4. The number of hydrogen-bond acceptors (Lipinski definition) is 13. The number of carboxylic acids is 1. The molecule has 5 rings (SSSR count). The monoisotopic (exact) mass is 992 g/mol. The van der Waals surface area contributed by atoms with Crippen molar-refractivity contribution in [1.29, 1.82) is 0 Å². The first-order valence-corrected chi connectivity index (χ1v) is 24.1. The van der Waals surface area contributed by atoms with Gasteiger partial charge in [0, 0.05) is 32.0 Å². The highest BCUT2D eigenvalue weighted by Crippen LogP contribution is 2.39. The van der Waals surface area contributed by atoms with Crippen molar-refractivity contribution < 1.29 is 66.4 Å². The molecule has 0 amide bonds. The van der Waals surface area contributed by atoms with Crippen molar-refractivity contribution in [3.8, 4) is 23.0 Å². The van der Waals surface area contributed by atoms with Crippen molar-refractivity contribution in [2.45, 2.75) is 178 Å². The Kier molecular flexibility index (Phi) is 20.5. The van der Waals surface area contributed by atoms with E-state index in [1.165, 1.54) is 13.2 Å². The Hall–Kier alpha value is -3.25. The molecule has 0 bridgehead atoms. The number of alkyl halides is 1. The molecule has 0 radical (unpaired) electrons. The molecule has 0 aliphatic carbocycles. The average molecular weight is 993 g/mol. The summed E-state index contributed by atoms with van der Waals surface area (Å²) in [6.45, 7) is 10.9. The number of esters is 1. The number of rotatable bonds is 29. The smallest absolute Gasteiger partial charge is 0.493 e. The molecule has 0 spiro atoms. The van der Waals surface area contributed by atoms with Crippen LogP contribution < -0.4 is 18.7 Å². The summed E-state index contributed by atoms with van der Waals surface area (Å²) in [4.78, 5) is 38.0. The number of fused-ring (bicyclic) bond motifs is 1. The SMILES string of the molecule is CCCCCC(OC(=O)c1ccc2c(c1)OB(Oc1cc(C(=O)OB3OC(C)CC(C)(I)O3)ccc1OC)O2)C(CC1OC1CCCCCCCC(=O)O)OCC(CC)CCCC. The molecule has 17 heteroatoms. The number of hydrogen-bond donors (Lipinski definition) is 1. The molecule has 7 unspecified atom stereocenters. The van der Waals surface area contributed by atoms with E-state index < -0.39 is 42.3 Å². The van der Waals surface area contributed by atoms with Crippen LogP contribution in [0.25, 0.3) is 0 Å². The molecule has 7 atom stereocenters. The summed E-state index contributed by atoms with van der Waals surface area (Å²) in [6, 6.07) is 9.43. The van der Waals surface area contributed by atoms with Gasteiger partial charge < -0.3 is 52.0 Å². The average Bonchev–Trinajstić information content (AvgIpc) is 3.86. The van der Waals surface area contributed by atoms with Crippen LogP contribution in [0.15, 0.2) is 36.4 Å². The van der Waals surface area contributed by atoms with Gasteiger partial charge in [-0.15, -0.1) is 0 Å². The molecule has 63 heavy (non-hydrogen) atoms. The fourth-order valence-corrected chi connectivity index (χ4v) is 8.79. The van der Waals surface area contributed by atoms with E-state index in [1.807, 2.05) is 13.8 Å². The van der Waals surface area contributed by atoms with Crippen LogP contribution in [-0.2, 0) is 33.0 Å². The highest BCUT2D eigenvalue weighted by molar-refractivity contribution is 14.1. The molecule has 3 heterocycles. The number of unbranched alkanes of at least 4 members (excludes halogenated alkanes) is 7. The minimum Gasteiger partial charge on any atom is -0.493 e. The predicted molar refractivity (Wildman–Crippen MR) is 247 cm³/mol. The Labute approximate surface area is 387 Å². The minimum absolute atomic E-state index is 0.0356. The number of carboxylic acid groups (broad SMARTS) is 1. The highest BCUT2D eigenvalue weighted by Gasteiger charge is 2.45. The first-order chi connectivity index (χ1) is 30.3. The van der Waals surface area contributed by atoms with E-state index >= 15 is 0 Å². The van der Waals surface area contributed by atoms with Crippen LogP contribution in [0.2, 0.25) is 0 Å². The third kappa shape index (κ3) is 16.6. The Balaban J connectivity index is 1.22. The number of epoxide rings is 1. The van der Waals surface area contributed by atoms with Gasteiger partial charge in [0.25, 0.3) is 0 Å². The van der Waals surface area contributed by atoms with Gasteiger partial charge in [0.05, 0.1) is 36.5 Å². The van der Waals surface area contributed by atoms with Crippen molar-refractivity contribution >= 4 is 55.1 Å². The Morgan fingerprint density at radius 2 is 1.57 bits per heavy atom. The number of methoxy groups -OCH3 is 1. The van der Waals surface area contributed by atoms with Crippen molar-refractivity contribution in [2.75, 3.05) is 13.7 Å². The van der Waals surface area contributed by atoms with Gasteiger partial charge in [-0.3, -0.25) is 4.79 Å². The van der Waals surface area contributed by atoms with Gasteiger partial charge in [-0.2, -0.15) is 0 Å². The van der Waals surface area contributed by atoms with E-state index in [0.717, 1.165) is 77.0 Å². The lowest BCUT2D eigenvalue weighted by molar-refractivity contribution is -0.137. The van der Waals surface area contributed by atoms with Crippen molar-refractivity contribution in [2.24, 2.45) is 5.92 Å². The lowest BCUT2D eigenvalue weighted by atomic mass is 9.98. The molecule has 0 saturated carbocycles. The molecule has 2 fully saturated rings. The van der Waals surface area contributed by atoms with Crippen LogP contribution in [0.1, 0.15) is 164 Å². The number of carbonyl (C=O) groups excluding carboxylic acids is 2. The van der Waals surface area contributed by atoms with E-state index in [-0.39, 0.29) is 42.1 Å². The standard InChI is InChI=1S/C46H67B2IO14/c1-7-10-15-19-36(39(55-30-32(9-3)18-11-8-2)28-40-37(56-40)20-16-13-12-14-17-21-43(50)51)57-44(52)33-23-25-38-42(26-33)61-47(59-38)60-41-27-34(22-24-35(41)54-6)45(53)62-48-58-31(4)29-46(5,49)63-48/h22-27,31-32,36-37,39-40H,7-21,28-30H2,1-6H3,(H,50,51). The van der Waals surface area contributed by atoms with Crippen LogP contribution in [0.4, 0.5) is 0 Å². The number of benzene rings is 2. The van der Waals surface area contributed by atoms with Gasteiger partial charge >= 0.3 is 32.6 Å². The van der Waals surface area contributed by atoms with Crippen molar-refractivity contribution in [1.82, 2.24) is 0 Å². The minimum atomic E-state index is -1.25. The molecule has 3 aliphatic heterocycles. The van der Waals surface area contributed by atoms with E-state index in [0.29, 0.717) is 61.0 Å². The number of aliphatic carboxylic acids is 1. The van der Waals surface area contributed by atoms with Crippen LogP contribution in [0.3, 0.4) is 0 Å². The van der Waals surface area contributed by atoms with Gasteiger partial charge in [0.15, 0.2) is 5.75 Å². The zero-order chi connectivity index (χ0) is 45.4. The maximum Gasteiger partial charge on any atom is 0.864 e. The lowest BCUT2D eigenvalue weighted by Crippen LogP contribution is -2.46.